The van der Waals surface area contributed by atoms with Crippen LogP contribution in [0.5, 0.6) is 0 Å². The zero-order valence-electron chi connectivity index (χ0n) is 10.4. The van der Waals surface area contributed by atoms with E-state index in [1.165, 1.54) is 0 Å². The van der Waals surface area contributed by atoms with Crippen LogP contribution >= 0.6 is 0 Å². The molecule has 2 amide bonds. The highest BCUT2D eigenvalue weighted by Gasteiger charge is 2.25. The molecule has 98 valence electrons. The molecule has 1 aliphatic rings. The Kier molecular flexibility index (Phi) is 5.21. The minimum atomic E-state index is -0.361. The second kappa shape index (κ2) is 6.44. The van der Waals surface area contributed by atoms with E-state index in [4.69, 9.17) is 10.5 Å². The Labute approximate surface area is 101 Å². The van der Waals surface area contributed by atoms with Gasteiger partial charge in [-0.1, -0.05) is 6.92 Å². The van der Waals surface area contributed by atoms with Crippen LogP contribution in [0.1, 0.15) is 26.7 Å². The molecule has 17 heavy (non-hydrogen) atoms. The van der Waals surface area contributed by atoms with Gasteiger partial charge in [-0.05, 0) is 13.3 Å². The van der Waals surface area contributed by atoms with Crippen molar-refractivity contribution in [3.8, 4) is 0 Å². The topological polar surface area (TPSA) is 84.7 Å². The van der Waals surface area contributed by atoms with Crippen molar-refractivity contribution in [1.29, 1.82) is 0 Å². The monoisotopic (exact) mass is 243 g/mol. The molecule has 1 saturated heterocycles. The first-order valence-electron chi connectivity index (χ1n) is 6.00. The first kappa shape index (κ1) is 13.8. The zero-order chi connectivity index (χ0) is 12.8. The summed E-state index contributed by atoms with van der Waals surface area (Å²) in [6.07, 6.45) is 0.651. The van der Waals surface area contributed by atoms with E-state index in [9.17, 15) is 9.59 Å². The number of hydrogen-bond donors (Lipinski definition) is 2. The molecule has 1 heterocycles. The maximum Gasteiger partial charge on any atom is 0.410 e. The molecule has 1 aliphatic heterocycles. The summed E-state index contributed by atoms with van der Waals surface area (Å²) in [7, 11) is 0. The van der Waals surface area contributed by atoms with Crippen LogP contribution in [0.25, 0.3) is 0 Å². The summed E-state index contributed by atoms with van der Waals surface area (Å²) in [6.45, 7) is 5.56. The summed E-state index contributed by atoms with van der Waals surface area (Å²) >= 11 is 0. The number of nitrogens with two attached hydrogens (primary N) is 1. The molecule has 2 unspecified atom stereocenters. The summed E-state index contributed by atoms with van der Waals surface area (Å²) in [5.74, 6) is -0.361. The molecular weight excluding hydrogens is 222 g/mol. The number of piperazine rings is 1. The van der Waals surface area contributed by atoms with Crippen LogP contribution in [0.3, 0.4) is 0 Å². The fraction of sp³-hybridized carbons (Fsp3) is 0.818. The molecule has 0 aromatic heterocycles. The SMILES string of the molecule is CCC(C)OC(=O)N1CCNC(CC(N)=O)C1. The highest BCUT2D eigenvalue weighted by molar-refractivity contribution is 5.74. The Morgan fingerprint density at radius 2 is 2.29 bits per heavy atom. The van der Waals surface area contributed by atoms with Crippen molar-refractivity contribution in [3.63, 3.8) is 0 Å². The molecule has 1 rings (SSSR count). The average molecular weight is 243 g/mol. The number of rotatable bonds is 4. The van der Waals surface area contributed by atoms with Crippen molar-refractivity contribution >= 4 is 12.0 Å². The molecule has 2 atom stereocenters. The molecular formula is C11H21N3O3. The third-order valence-corrected chi connectivity index (χ3v) is 2.84. The van der Waals surface area contributed by atoms with E-state index in [0.29, 0.717) is 19.6 Å². The maximum atomic E-state index is 11.8. The number of nitrogens with one attached hydrogen (secondary N) is 1. The average Bonchev–Trinajstić information content (AvgIpc) is 2.28. The second-order valence-electron chi connectivity index (χ2n) is 4.37. The van der Waals surface area contributed by atoms with E-state index in [0.717, 1.165) is 6.42 Å². The number of amides is 2. The lowest BCUT2D eigenvalue weighted by molar-refractivity contribution is -0.118. The van der Waals surface area contributed by atoms with Gasteiger partial charge in [-0.2, -0.15) is 0 Å². The van der Waals surface area contributed by atoms with Crippen LogP contribution in [0.4, 0.5) is 4.79 Å². The van der Waals surface area contributed by atoms with Crippen molar-refractivity contribution in [2.24, 2.45) is 5.73 Å². The molecule has 0 aromatic carbocycles. The lowest BCUT2D eigenvalue weighted by Crippen LogP contribution is -2.54. The largest absolute Gasteiger partial charge is 0.446 e. The Balaban J connectivity index is 2.43. The van der Waals surface area contributed by atoms with Crippen molar-refractivity contribution in [3.05, 3.63) is 0 Å². The number of nitrogens with zero attached hydrogens (tertiary/aromatic N) is 1. The van der Waals surface area contributed by atoms with Gasteiger partial charge in [0.25, 0.3) is 0 Å². The normalized spacial score (nSPS) is 22.0. The van der Waals surface area contributed by atoms with Gasteiger partial charge in [0.2, 0.25) is 5.91 Å². The lowest BCUT2D eigenvalue weighted by atomic mass is 10.1. The van der Waals surface area contributed by atoms with Gasteiger partial charge in [0.1, 0.15) is 6.10 Å². The Morgan fingerprint density at radius 1 is 1.59 bits per heavy atom. The van der Waals surface area contributed by atoms with Gasteiger partial charge in [-0.15, -0.1) is 0 Å². The van der Waals surface area contributed by atoms with E-state index >= 15 is 0 Å². The quantitative estimate of drug-likeness (QED) is 0.732. The third kappa shape index (κ3) is 4.60. The molecule has 0 radical (unpaired) electrons. The van der Waals surface area contributed by atoms with Crippen LogP contribution in [-0.4, -0.2) is 48.7 Å². The molecule has 0 aliphatic carbocycles. The summed E-state index contributed by atoms with van der Waals surface area (Å²) in [6, 6.07) is -0.0641. The standard InChI is InChI=1S/C11H21N3O3/c1-3-8(2)17-11(16)14-5-4-13-9(7-14)6-10(12)15/h8-9,13H,3-7H2,1-2H3,(H2,12,15). The van der Waals surface area contributed by atoms with Gasteiger partial charge in [0.05, 0.1) is 0 Å². The van der Waals surface area contributed by atoms with Gasteiger partial charge in [-0.3, -0.25) is 4.79 Å². The van der Waals surface area contributed by atoms with Gasteiger partial charge >= 0.3 is 6.09 Å². The molecule has 3 N–H and O–H groups in total. The second-order valence-corrected chi connectivity index (χ2v) is 4.37. The van der Waals surface area contributed by atoms with Crippen molar-refractivity contribution in [2.75, 3.05) is 19.6 Å². The van der Waals surface area contributed by atoms with Crippen LogP contribution in [-0.2, 0) is 9.53 Å². The first-order valence-corrected chi connectivity index (χ1v) is 6.00. The highest BCUT2D eigenvalue weighted by atomic mass is 16.6. The summed E-state index contributed by atoms with van der Waals surface area (Å²) in [4.78, 5) is 24.2. The predicted octanol–water partition coefficient (Wildman–Crippen LogP) is 0.0707. The maximum absolute atomic E-state index is 11.8. The van der Waals surface area contributed by atoms with Crippen LogP contribution < -0.4 is 11.1 Å². The van der Waals surface area contributed by atoms with Gasteiger partial charge in [0, 0.05) is 32.1 Å². The fourth-order valence-corrected chi connectivity index (χ4v) is 1.70. The molecule has 0 spiro atoms. The highest BCUT2D eigenvalue weighted by Crippen LogP contribution is 2.07. The summed E-state index contributed by atoms with van der Waals surface area (Å²) in [5, 5.41) is 3.15. The minimum Gasteiger partial charge on any atom is -0.446 e. The van der Waals surface area contributed by atoms with Crippen LogP contribution in [0, 0.1) is 0 Å². The van der Waals surface area contributed by atoms with E-state index < -0.39 is 0 Å². The zero-order valence-corrected chi connectivity index (χ0v) is 10.4. The predicted molar refractivity (Wildman–Crippen MR) is 63.4 cm³/mol. The van der Waals surface area contributed by atoms with E-state index in [2.05, 4.69) is 5.32 Å². The summed E-state index contributed by atoms with van der Waals surface area (Å²) < 4.78 is 5.24. The molecule has 0 saturated carbocycles. The smallest absolute Gasteiger partial charge is 0.410 e. The number of carbonyl (C=O) groups excluding carboxylic acids is 2. The molecule has 0 aromatic rings. The molecule has 6 nitrogen and oxygen atoms in total. The van der Waals surface area contributed by atoms with Crippen molar-refractivity contribution in [2.45, 2.75) is 38.8 Å². The molecule has 1 fully saturated rings. The van der Waals surface area contributed by atoms with E-state index in [1.807, 2.05) is 13.8 Å². The number of ether oxygens (including phenoxy) is 1. The molecule has 6 heteroatoms. The van der Waals surface area contributed by atoms with Gasteiger partial charge in [0.15, 0.2) is 0 Å². The number of primary amides is 1. The minimum absolute atomic E-state index is 0.0641. The van der Waals surface area contributed by atoms with Gasteiger partial charge < -0.3 is 20.7 Å². The Bertz CT molecular complexity index is 283. The Hall–Kier alpha value is -1.30. The first-order chi connectivity index (χ1) is 8.02. The Morgan fingerprint density at radius 3 is 2.88 bits per heavy atom. The van der Waals surface area contributed by atoms with Crippen molar-refractivity contribution < 1.29 is 14.3 Å². The fourth-order valence-electron chi connectivity index (χ4n) is 1.70. The summed E-state index contributed by atoms with van der Waals surface area (Å²) in [5.41, 5.74) is 5.13. The lowest BCUT2D eigenvalue weighted by Gasteiger charge is -2.33. The number of hydrogen-bond acceptors (Lipinski definition) is 4. The van der Waals surface area contributed by atoms with Crippen LogP contribution in [0.15, 0.2) is 0 Å². The third-order valence-electron chi connectivity index (χ3n) is 2.84. The van der Waals surface area contributed by atoms with Gasteiger partial charge in [-0.25, -0.2) is 4.79 Å². The van der Waals surface area contributed by atoms with E-state index in [-0.39, 0.29) is 30.6 Å². The molecule has 0 bridgehead atoms. The number of carbonyl (C=O) groups is 2. The van der Waals surface area contributed by atoms with Crippen molar-refractivity contribution in [1.82, 2.24) is 10.2 Å². The van der Waals surface area contributed by atoms with E-state index in [1.54, 1.807) is 4.90 Å². The van der Waals surface area contributed by atoms with Crippen LogP contribution in [0.2, 0.25) is 0 Å².